The van der Waals surface area contributed by atoms with Gasteiger partial charge in [0.15, 0.2) is 6.10 Å². The maximum atomic E-state index is 11.4. The second kappa shape index (κ2) is 6.23. The molecular formula is C11H19NO6. The van der Waals surface area contributed by atoms with E-state index in [0.717, 1.165) is 0 Å². The fourth-order valence-electron chi connectivity index (χ4n) is 0.870. The molecule has 0 saturated carbocycles. The topological polar surface area (TPSA) is 102 Å². The van der Waals surface area contributed by atoms with Crippen LogP contribution >= 0.6 is 0 Å². The third-order valence-electron chi connectivity index (χ3n) is 1.73. The molecule has 0 aromatic rings. The molecule has 1 amide bonds. The highest BCUT2D eigenvalue weighted by Crippen LogP contribution is 2.07. The van der Waals surface area contributed by atoms with Crippen LogP contribution in [-0.4, -0.2) is 40.9 Å². The fraction of sp³-hybridized carbons (Fsp3) is 0.727. The lowest BCUT2D eigenvalue weighted by Crippen LogP contribution is -2.43. The number of amides is 1. The quantitative estimate of drug-likeness (QED) is 0.729. The van der Waals surface area contributed by atoms with Crippen LogP contribution in [0.2, 0.25) is 0 Å². The first kappa shape index (κ1) is 16.2. The SMILES string of the molecule is C[C@@H](NC(=O)OC(C)(C)C)C(=O)O[C@H](C)C(=O)O. The van der Waals surface area contributed by atoms with E-state index in [2.05, 4.69) is 10.1 Å². The number of ether oxygens (including phenoxy) is 2. The van der Waals surface area contributed by atoms with Crippen LogP contribution in [-0.2, 0) is 19.1 Å². The minimum Gasteiger partial charge on any atom is -0.479 e. The van der Waals surface area contributed by atoms with Gasteiger partial charge in [0.25, 0.3) is 0 Å². The van der Waals surface area contributed by atoms with E-state index in [0.29, 0.717) is 0 Å². The number of carbonyl (C=O) groups is 3. The lowest BCUT2D eigenvalue weighted by molar-refractivity contribution is -0.163. The second-order valence-electron chi connectivity index (χ2n) is 4.79. The lowest BCUT2D eigenvalue weighted by atomic mass is 10.2. The summed E-state index contributed by atoms with van der Waals surface area (Å²) in [6.45, 7) is 7.65. The summed E-state index contributed by atoms with van der Waals surface area (Å²) < 4.78 is 9.53. The van der Waals surface area contributed by atoms with Gasteiger partial charge in [0.2, 0.25) is 0 Å². The second-order valence-corrected chi connectivity index (χ2v) is 4.79. The molecule has 7 heteroatoms. The Labute approximate surface area is 105 Å². The van der Waals surface area contributed by atoms with Crippen LogP contribution < -0.4 is 5.32 Å². The van der Waals surface area contributed by atoms with Gasteiger partial charge < -0.3 is 19.9 Å². The van der Waals surface area contributed by atoms with Crippen molar-refractivity contribution in [2.45, 2.75) is 52.4 Å². The maximum Gasteiger partial charge on any atom is 0.408 e. The van der Waals surface area contributed by atoms with Crippen LogP contribution in [0.1, 0.15) is 34.6 Å². The Morgan fingerprint density at radius 2 is 1.67 bits per heavy atom. The molecule has 0 spiro atoms. The van der Waals surface area contributed by atoms with Gasteiger partial charge in [-0.15, -0.1) is 0 Å². The van der Waals surface area contributed by atoms with Gasteiger partial charge in [-0.1, -0.05) is 0 Å². The standard InChI is InChI=1S/C11H19NO6/c1-6(9(15)17-7(2)8(13)14)12-10(16)18-11(3,4)5/h6-7H,1-5H3,(H,12,16)(H,13,14)/t6-,7-/m1/s1. The number of alkyl carbamates (subject to hydrolysis) is 1. The average molecular weight is 261 g/mol. The molecule has 104 valence electrons. The van der Waals surface area contributed by atoms with Gasteiger partial charge in [-0.3, -0.25) is 0 Å². The predicted molar refractivity (Wildman–Crippen MR) is 62.0 cm³/mol. The zero-order valence-corrected chi connectivity index (χ0v) is 11.1. The Morgan fingerprint density at radius 1 is 1.17 bits per heavy atom. The highest BCUT2D eigenvalue weighted by Gasteiger charge is 2.24. The van der Waals surface area contributed by atoms with Gasteiger partial charge >= 0.3 is 18.0 Å². The zero-order chi connectivity index (χ0) is 14.5. The van der Waals surface area contributed by atoms with Gasteiger partial charge in [-0.2, -0.15) is 0 Å². The van der Waals surface area contributed by atoms with Crippen molar-refractivity contribution >= 4 is 18.0 Å². The number of hydrogen-bond donors (Lipinski definition) is 2. The first-order chi connectivity index (χ1) is 8.03. The van der Waals surface area contributed by atoms with E-state index >= 15 is 0 Å². The van der Waals surface area contributed by atoms with E-state index in [4.69, 9.17) is 9.84 Å². The number of nitrogens with one attached hydrogen (secondary N) is 1. The molecule has 0 aromatic carbocycles. The molecule has 0 aliphatic rings. The number of carbonyl (C=O) groups excluding carboxylic acids is 2. The molecule has 0 unspecified atom stereocenters. The van der Waals surface area contributed by atoms with E-state index in [1.165, 1.54) is 13.8 Å². The van der Waals surface area contributed by atoms with E-state index < -0.39 is 35.8 Å². The van der Waals surface area contributed by atoms with Crippen LogP contribution in [0.3, 0.4) is 0 Å². The molecule has 0 bridgehead atoms. The minimum atomic E-state index is -1.26. The third kappa shape index (κ3) is 6.72. The normalized spacial score (nSPS) is 14.3. The zero-order valence-electron chi connectivity index (χ0n) is 11.1. The Bertz CT molecular complexity index is 333. The molecule has 0 fully saturated rings. The monoisotopic (exact) mass is 261 g/mol. The Balaban J connectivity index is 4.24. The van der Waals surface area contributed by atoms with Crippen LogP contribution in [0.5, 0.6) is 0 Å². The highest BCUT2D eigenvalue weighted by molar-refractivity contribution is 5.83. The molecule has 2 atom stereocenters. The molecule has 7 nitrogen and oxygen atoms in total. The summed E-state index contributed by atoms with van der Waals surface area (Å²) in [6.07, 6.45) is -2.03. The van der Waals surface area contributed by atoms with Gasteiger partial charge in [0.05, 0.1) is 0 Å². The molecule has 2 N–H and O–H groups in total. The summed E-state index contributed by atoms with van der Waals surface area (Å²) in [5.41, 5.74) is -0.679. The molecule has 0 aromatic heterocycles. The fourth-order valence-corrected chi connectivity index (χ4v) is 0.870. The smallest absolute Gasteiger partial charge is 0.408 e. The van der Waals surface area contributed by atoms with E-state index in [-0.39, 0.29) is 0 Å². The summed E-state index contributed by atoms with van der Waals surface area (Å²) >= 11 is 0. The van der Waals surface area contributed by atoms with Gasteiger partial charge in [-0.05, 0) is 34.6 Å². The number of carboxylic acids is 1. The molecule has 0 saturated heterocycles. The van der Waals surface area contributed by atoms with Gasteiger partial charge in [-0.25, -0.2) is 14.4 Å². The van der Waals surface area contributed by atoms with E-state index in [9.17, 15) is 14.4 Å². The predicted octanol–water partition coefficient (Wildman–Crippen LogP) is 0.916. The summed E-state index contributed by atoms with van der Waals surface area (Å²) in [7, 11) is 0. The van der Waals surface area contributed by atoms with Crippen molar-refractivity contribution in [1.29, 1.82) is 0 Å². The van der Waals surface area contributed by atoms with E-state index in [1.54, 1.807) is 20.8 Å². The largest absolute Gasteiger partial charge is 0.479 e. The summed E-state index contributed by atoms with van der Waals surface area (Å²) in [6, 6.07) is -0.985. The summed E-state index contributed by atoms with van der Waals surface area (Å²) in [4.78, 5) is 33.2. The first-order valence-electron chi connectivity index (χ1n) is 5.45. The maximum absolute atomic E-state index is 11.4. The van der Waals surface area contributed by atoms with Crippen molar-refractivity contribution in [2.24, 2.45) is 0 Å². The van der Waals surface area contributed by atoms with Crippen molar-refractivity contribution in [3.05, 3.63) is 0 Å². The molecule has 0 aliphatic carbocycles. The van der Waals surface area contributed by atoms with Crippen molar-refractivity contribution in [1.82, 2.24) is 5.32 Å². The van der Waals surface area contributed by atoms with E-state index in [1.807, 2.05) is 0 Å². The molecule has 0 aliphatic heterocycles. The molecule has 18 heavy (non-hydrogen) atoms. The summed E-state index contributed by atoms with van der Waals surface area (Å²) in [5, 5.41) is 10.8. The van der Waals surface area contributed by atoms with Crippen LogP contribution in [0.4, 0.5) is 4.79 Å². The molecule has 0 radical (unpaired) electrons. The van der Waals surface area contributed by atoms with Crippen LogP contribution in [0.25, 0.3) is 0 Å². The minimum absolute atomic E-state index is 0.679. The average Bonchev–Trinajstić information content (AvgIpc) is 2.13. The number of esters is 1. The molecule has 0 heterocycles. The highest BCUT2D eigenvalue weighted by atomic mass is 16.6. The van der Waals surface area contributed by atoms with Crippen molar-refractivity contribution < 1.29 is 29.0 Å². The molecule has 0 rings (SSSR count). The number of carboxylic acid groups (broad SMARTS) is 1. The van der Waals surface area contributed by atoms with Crippen molar-refractivity contribution in [3.63, 3.8) is 0 Å². The van der Waals surface area contributed by atoms with Crippen LogP contribution in [0.15, 0.2) is 0 Å². The Morgan fingerprint density at radius 3 is 2.06 bits per heavy atom. The van der Waals surface area contributed by atoms with Crippen molar-refractivity contribution in [3.8, 4) is 0 Å². The Kier molecular flexibility index (Phi) is 5.61. The van der Waals surface area contributed by atoms with Gasteiger partial charge in [0.1, 0.15) is 11.6 Å². The molecular weight excluding hydrogens is 242 g/mol. The third-order valence-corrected chi connectivity index (χ3v) is 1.73. The lowest BCUT2D eigenvalue weighted by Gasteiger charge is -2.21. The van der Waals surface area contributed by atoms with Crippen molar-refractivity contribution in [2.75, 3.05) is 0 Å². The first-order valence-corrected chi connectivity index (χ1v) is 5.45. The number of rotatable bonds is 4. The number of aliphatic carboxylic acids is 1. The van der Waals surface area contributed by atoms with Gasteiger partial charge in [0, 0.05) is 0 Å². The number of hydrogen-bond acceptors (Lipinski definition) is 5. The Hall–Kier alpha value is -1.79. The summed E-state index contributed by atoms with van der Waals surface area (Å²) in [5.74, 6) is -2.09. The van der Waals surface area contributed by atoms with Crippen LogP contribution in [0, 0.1) is 0 Å².